The SMILES string of the molecule is CNc1nc(Cl)nc2ccc(N3CCCC3)cc12. The van der Waals surface area contributed by atoms with Crippen LogP contribution in [0, 0.1) is 0 Å². The van der Waals surface area contributed by atoms with Crippen LogP contribution in [-0.4, -0.2) is 30.1 Å². The van der Waals surface area contributed by atoms with Gasteiger partial charge in [0, 0.05) is 31.2 Å². The maximum Gasteiger partial charge on any atom is 0.224 e. The number of benzene rings is 1. The molecule has 0 bridgehead atoms. The average molecular weight is 263 g/mol. The van der Waals surface area contributed by atoms with E-state index in [1.807, 2.05) is 13.1 Å². The van der Waals surface area contributed by atoms with E-state index < -0.39 is 0 Å². The van der Waals surface area contributed by atoms with E-state index in [4.69, 9.17) is 11.6 Å². The third-order valence-corrected chi connectivity index (χ3v) is 3.53. The smallest absolute Gasteiger partial charge is 0.224 e. The van der Waals surface area contributed by atoms with E-state index in [1.165, 1.54) is 18.5 Å². The fourth-order valence-corrected chi connectivity index (χ4v) is 2.63. The Morgan fingerprint density at radius 2 is 2.00 bits per heavy atom. The largest absolute Gasteiger partial charge is 0.372 e. The van der Waals surface area contributed by atoms with Crippen LogP contribution in [-0.2, 0) is 0 Å². The molecule has 2 aromatic rings. The van der Waals surface area contributed by atoms with Gasteiger partial charge in [-0.25, -0.2) is 9.97 Å². The maximum absolute atomic E-state index is 5.90. The number of halogens is 1. The van der Waals surface area contributed by atoms with E-state index in [0.717, 1.165) is 29.8 Å². The van der Waals surface area contributed by atoms with Crippen LogP contribution in [0.3, 0.4) is 0 Å². The summed E-state index contributed by atoms with van der Waals surface area (Å²) in [5.41, 5.74) is 2.12. The standard InChI is InChI=1S/C13H15ClN4/c1-15-12-10-8-9(18-6-2-3-7-18)4-5-11(10)16-13(14)17-12/h4-5,8H,2-3,6-7H2,1H3,(H,15,16,17). The predicted molar refractivity (Wildman–Crippen MR) is 75.5 cm³/mol. The highest BCUT2D eigenvalue weighted by Crippen LogP contribution is 2.28. The summed E-state index contributed by atoms with van der Waals surface area (Å²) < 4.78 is 0. The van der Waals surface area contributed by atoms with Crippen molar-refractivity contribution in [1.82, 2.24) is 9.97 Å². The number of nitrogens with zero attached hydrogens (tertiary/aromatic N) is 3. The Labute approximate surface area is 111 Å². The number of nitrogens with one attached hydrogen (secondary N) is 1. The molecule has 1 aromatic heterocycles. The first-order valence-electron chi connectivity index (χ1n) is 6.18. The fourth-order valence-electron chi connectivity index (χ4n) is 2.45. The van der Waals surface area contributed by atoms with Crippen LogP contribution in [0.1, 0.15) is 12.8 Å². The van der Waals surface area contributed by atoms with Crippen LogP contribution in [0.2, 0.25) is 5.28 Å². The van der Waals surface area contributed by atoms with Gasteiger partial charge in [0.15, 0.2) is 0 Å². The average Bonchev–Trinajstić information content (AvgIpc) is 2.91. The molecule has 0 atom stereocenters. The zero-order valence-electron chi connectivity index (χ0n) is 10.3. The highest BCUT2D eigenvalue weighted by molar-refractivity contribution is 6.28. The first-order chi connectivity index (χ1) is 8.78. The molecular weight excluding hydrogens is 248 g/mol. The molecule has 0 saturated carbocycles. The second-order valence-corrected chi connectivity index (χ2v) is 4.82. The minimum atomic E-state index is 0.278. The third kappa shape index (κ3) is 1.97. The third-order valence-electron chi connectivity index (χ3n) is 3.36. The van der Waals surface area contributed by atoms with Gasteiger partial charge in [-0.2, -0.15) is 0 Å². The number of anilines is 2. The topological polar surface area (TPSA) is 41.1 Å². The monoisotopic (exact) mass is 262 g/mol. The number of hydrogen-bond donors (Lipinski definition) is 1. The fraction of sp³-hybridized carbons (Fsp3) is 0.385. The molecule has 0 spiro atoms. The van der Waals surface area contributed by atoms with Crippen LogP contribution < -0.4 is 10.2 Å². The molecule has 1 aliphatic heterocycles. The van der Waals surface area contributed by atoms with Gasteiger partial charge in [0.05, 0.1) is 5.52 Å². The van der Waals surface area contributed by atoms with Crippen LogP contribution in [0.25, 0.3) is 10.9 Å². The van der Waals surface area contributed by atoms with Gasteiger partial charge in [-0.3, -0.25) is 0 Å². The molecule has 3 rings (SSSR count). The minimum absolute atomic E-state index is 0.278. The summed E-state index contributed by atoms with van der Waals surface area (Å²) in [6.45, 7) is 2.27. The lowest BCUT2D eigenvalue weighted by Crippen LogP contribution is -2.17. The Bertz CT molecular complexity index is 578. The second-order valence-electron chi connectivity index (χ2n) is 4.49. The van der Waals surface area contributed by atoms with E-state index in [-0.39, 0.29) is 5.28 Å². The molecule has 4 nitrogen and oxygen atoms in total. The van der Waals surface area contributed by atoms with Gasteiger partial charge in [0.1, 0.15) is 5.82 Å². The van der Waals surface area contributed by atoms with Gasteiger partial charge >= 0.3 is 0 Å². The second kappa shape index (κ2) is 4.61. The molecule has 94 valence electrons. The summed E-state index contributed by atoms with van der Waals surface area (Å²) in [6.07, 6.45) is 2.54. The lowest BCUT2D eigenvalue weighted by atomic mass is 10.2. The van der Waals surface area contributed by atoms with Crippen molar-refractivity contribution in [2.45, 2.75) is 12.8 Å². The van der Waals surface area contributed by atoms with E-state index in [2.05, 4.69) is 32.3 Å². The molecule has 0 aliphatic carbocycles. The summed E-state index contributed by atoms with van der Waals surface area (Å²) in [7, 11) is 1.85. The maximum atomic E-state index is 5.90. The number of rotatable bonds is 2. The van der Waals surface area contributed by atoms with E-state index in [1.54, 1.807) is 0 Å². The summed E-state index contributed by atoms with van der Waals surface area (Å²) >= 11 is 5.90. The molecule has 1 N–H and O–H groups in total. The van der Waals surface area contributed by atoms with E-state index in [9.17, 15) is 0 Å². The molecule has 1 fully saturated rings. The molecule has 1 aromatic carbocycles. The van der Waals surface area contributed by atoms with Gasteiger partial charge in [-0.05, 0) is 42.6 Å². The molecule has 0 amide bonds. The van der Waals surface area contributed by atoms with Crippen LogP contribution in [0.4, 0.5) is 11.5 Å². The molecule has 2 heterocycles. The Morgan fingerprint density at radius 1 is 1.22 bits per heavy atom. The van der Waals surface area contributed by atoms with Crippen molar-refractivity contribution >= 4 is 34.0 Å². The van der Waals surface area contributed by atoms with Gasteiger partial charge in [-0.1, -0.05) is 0 Å². The normalized spacial score (nSPS) is 15.3. The molecule has 0 unspecified atom stereocenters. The summed E-state index contributed by atoms with van der Waals surface area (Å²) in [6, 6.07) is 6.26. The molecule has 5 heteroatoms. The molecular formula is C13H15ClN4. The zero-order chi connectivity index (χ0) is 12.5. The molecule has 18 heavy (non-hydrogen) atoms. The Morgan fingerprint density at radius 3 is 2.72 bits per heavy atom. The van der Waals surface area contributed by atoms with E-state index in [0.29, 0.717) is 0 Å². The van der Waals surface area contributed by atoms with Crippen molar-refractivity contribution < 1.29 is 0 Å². The van der Waals surface area contributed by atoms with Crippen LogP contribution >= 0.6 is 11.6 Å². The van der Waals surface area contributed by atoms with Crippen molar-refractivity contribution in [3.8, 4) is 0 Å². The molecule has 1 aliphatic rings. The highest BCUT2D eigenvalue weighted by Gasteiger charge is 2.14. The molecule has 1 saturated heterocycles. The first kappa shape index (κ1) is 11.5. The van der Waals surface area contributed by atoms with Crippen LogP contribution in [0.15, 0.2) is 18.2 Å². The summed E-state index contributed by atoms with van der Waals surface area (Å²) in [5.74, 6) is 0.783. The van der Waals surface area contributed by atoms with Gasteiger partial charge in [-0.15, -0.1) is 0 Å². The number of aromatic nitrogens is 2. The lowest BCUT2D eigenvalue weighted by Gasteiger charge is -2.18. The minimum Gasteiger partial charge on any atom is -0.372 e. The van der Waals surface area contributed by atoms with Gasteiger partial charge in [0.2, 0.25) is 5.28 Å². The van der Waals surface area contributed by atoms with Gasteiger partial charge < -0.3 is 10.2 Å². The summed E-state index contributed by atoms with van der Waals surface area (Å²) in [4.78, 5) is 10.9. The Hall–Kier alpha value is -1.55. The Kier molecular flexibility index (Phi) is 2.96. The van der Waals surface area contributed by atoms with Gasteiger partial charge in [0.25, 0.3) is 0 Å². The van der Waals surface area contributed by atoms with Crippen molar-refractivity contribution in [2.75, 3.05) is 30.4 Å². The lowest BCUT2D eigenvalue weighted by molar-refractivity contribution is 0.949. The van der Waals surface area contributed by atoms with Crippen LogP contribution in [0.5, 0.6) is 0 Å². The molecule has 0 radical (unpaired) electrons. The van der Waals surface area contributed by atoms with Crippen molar-refractivity contribution in [3.63, 3.8) is 0 Å². The van der Waals surface area contributed by atoms with Crippen molar-refractivity contribution in [1.29, 1.82) is 0 Å². The number of fused-ring (bicyclic) bond motifs is 1. The van der Waals surface area contributed by atoms with Crippen molar-refractivity contribution in [3.05, 3.63) is 23.5 Å². The Balaban J connectivity index is 2.12. The predicted octanol–water partition coefficient (Wildman–Crippen LogP) is 2.93. The van der Waals surface area contributed by atoms with E-state index >= 15 is 0 Å². The first-order valence-corrected chi connectivity index (χ1v) is 6.56. The van der Waals surface area contributed by atoms with Crippen molar-refractivity contribution in [2.24, 2.45) is 0 Å². The zero-order valence-corrected chi connectivity index (χ0v) is 11.0. The summed E-state index contributed by atoms with van der Waals surface area (Å²) in [5, 5.41) is 4.37. The quantitative estimate of drug-likeness (QED) is 0.845. The highest BCUT2D eigenvalue weighted by atomic mass is 35.5. The number of hydrogen-bond acceptors (Lipinski definition) is 4.